The monoisotopic (exact) mass is 482 g/mol. The van der Waals surface area contributed by atoms with E-state index >= 15 is 0 Å². The van der Waals surface area contributed by atoms with Gasteiger partial charge in [0.2, 0.25) is 5.91 Å². The lowest BCUT2D eigenvalue weighted by Gasteiger charge is -2.40. The van der Waals surface area contributed by atoms with Crippen LogP contribution in [0.25, 0.3) is 22.0 Å². The van der Waals surface area contributed by atoms with Crippen molar-refractivity contribution < 1.29 is 4.79 Å². The number of aliphatic imine (C=N–C) groups is 1. The number of benzene rings is 2. The Morgan fingerprint density at radius 3 is 2.71 bits per heavy atom. The summed E-state index contributed by atoms with van der Waals surface area (Å²) >= 11 is 1.55. The summed E-state index contributed by atoms with van der Waals surface area (Å²) in [7, 11) is 1.66. The molecule has 7 nitrogen and oxygen atoms in total. The highest BCUT2D eigenvalue weighted by Crippen LogP contribution is 2.47. The molecule has 0 fully saturated rings. The summed E-state index contributed by atoms with van der Waals surface area (Å²) in [6.07, 6.45) is 2.01. The van der Waals surface area contributed by atoms with E-state index in [1.807, 2.05) is 59.6 Å². The number of guanidine groups is 1. The van der Waals surface area contributed by atoms with Crippen LogP contribution >= 0.6 is 11.3 Å². The van der Waals surface area contributed by atoms with E-state index < -0.39 is 11.5 Å². The van der Waals surface area contributed by atoms with E-state index in [0.717, 1.165) is 32.5 Å². The second kappa shape index (κ2) is 8.36. The van der Waals surface area contributed by atoms with Crippen LogP contribution in [0.1, 0.15) is 48.7 Å². The Morgan fingerprint density at radius 1 is 1.17 bits per heavy atom. The zero-order valence-electron chi connectivity index (χ0n) is 20.1. The summed E-state index contributed by atoms with van der Waals surface area (Å²) in [5.41, 5.74) is 9.63. The van der Waals surface area contributed by atoms with Crippen LogP contribution < -0.4 is 5.73 Å². The summed E-state index contributed by atoms with van der Waals surface area (Å²) in [5, 5.41) is 16.9. The maximum atomic E-state index is 13.6. The van der Waals surface area contributed by atoms with Crippen molar-refractivity contribution in [2.75, 3.05) is 7.05 Å². The molecule has 2 aromatic carbocycles. The molecule has 5 rings (SSSR count). The quantitative estimate of drug-likeness (QED) is 0.442. The van der Waals surface area contributed by atoms with E-state index in [1.165, 1.54) is 4.90 Å². The third-order valence-corrected chi connectivity index (χ3v) is 7.82. The van der Waals surface area contributed by atoms with E-state index in [-0.39, 0.29) is 17.9 Å². The summed E-state index contributed by atoms with van der Waals surface area (Å²) < 4.78 is 1.93. The van der Waals surface area contributed by atoms with Crippen molar-refractivity contribution in [2.45, 2.75) is 38.3 Å². The number of thiophene rings is 1. The highest BCUT2D eigenvalue weighted by Gasteiger charge is 2.48. The molecule has 0 aliphatic carbocycles. The number of carbonyl (C=O) groups excluding carboxylic acids is 1. The zero-order chi connectivity index (χ0) is 24.9. The summed E-state index contributed by atoms with van der Waals surface area (Å²) in [5.74, 6) is -0.454. The first kappa shape index (κ1) is 22.8. The van der Waals surface area contributed by atoms with Crippen LogP contribution in [0.3, 0.4) is 0 Å². The molecule has 0 saturated carbocycles. The smallest absolute Gasteiger partial charge is 0.239 e. The van der Waals surface area contributed by atoms with Crippen LogP contribution in [-0.4, -0.2) is 33.6 Å². The van der Waals surface area contributed by atoms with E-state index in [0.29, 0.717) is 5.56 Å². The molecule has 0 spiro atoms. The van der Waals surface area contributed by atoms with Gasteiger partial charge in [-0.2, -0.15) is 10.4 Å². The Balaban J connectivity index is 1.63. The van der Waals surface area contributed by atoms with Gasteiger partial charge < -0.3 is 5.73 Å². The molecule has 0 saturated heterocycles. The Hall–Kier alpha value is -3.96. The molecule has 2 aromatic heterocycles. The molecular weight excluding hydrogens is 456 g/mol. The SMILES string of the molecule is CC(C)n1cc2cc([C@@H]3C(=O)N(C)C(N)=N[C@]3(C)c3cc(-c4cccc(C#N)c4)cs3)ccc2n1. The standard InChI is InChI=1S/C27H26N6OS/c1-16(2)33-14-20-11-19(8-9-22(20)31-33)24-25(34)32(4)26(29)30-27(24,3)23-12-21(15-35-23)18-7-5-6-17(10-18)13-28/h5-12,14-16,24H,1-4H3,(H2,29,30)/t24-,27-/m1/s1. The minimum Gasteiger partial charge on any atom is -0.369 e. The molecule has 2 atom stereocenters. The molecule has 35 heavy (non-hydrogen) atoms. The van der Waals surface area contributed by atoms with Gasteiger partial charge in [-0.1, -0.05) is 18.2 Å². The van der Waals surface area contributed by atoms with Gasteiger partial charge in [-0.05, 0) is 73.2 Å². The lowest BCUT2D eigenvalue weighted by molar-refractivity contribution is -0.130. The number of likely N-dealkylation sites (N-methyl/N-ethyl adjacent to an activating group) is 1. The van der Waals surface area contributed by atoms with Crippen LogP contribution in [0.4, 0.5) is 0 Å². The van der Waals surface area contributed by atoms with Crippen LogP contribution in [0.15, 0.2) is 65.1 Å². The number of nitrogens with two attached hydrogens (primary N) is 1. The molecule has 0 radical (unpaired) electrons. The number of hydrogen-bond donors (Lipinski definition) is 1. The van der Waals surface area contributed by atoms with Gasteiger partial charge in [-0.3, -0.25) is 14.4 Å². The fourth-order valence-corrected chi connectivity index (χ4v) is 5.67. The van der Waals surface area contributed by atoms with E-state index in [1.54, 1.807) is 24.5 Å². The number of amides is 1. The van der Waals surface area contributed by atoms with Crippen molar-refractivity contribution in [2.24, 2.45) is 10.7 Å². The molecular formula is C27H26N6OS. The molecule has 2 N–H and O–H groups in total. The summed E-state index contributed by atoms with van der Waals surface area (Å²) in [6, 6.07) is 18.0. The lowest BCUT2D eigenvalue weighted by atomic mass is 9.77. The molecule has 3 heterocycles. The molecule has 1 amide bonds. The van der Waals surface area contributed by atoms with Crippen LogP contribution in [0, 0.1) is 11.3 Å². The Morgan fingerprint density at radius 2 is 1.97 bits per heavy atom. The fourth-order valence-electron chi connectivity index (χ4n) is 4.62. The maximum absolute atomic E-state index is 13.6. The van der Waals surface area contributed by atoms with Gasteiger partial charge >= 0.3 is 0 Å². The van der Waals surface area contributed by atoms with Crippen LogP contribution in [-0.2, 0) is 10.3 Å². The Kier molecular flexibility index (Phi) is 5.45. The Bertz CT molecular complexity index is 1520. The molecule has 8 heteroatoms. The molecule has 1 aliphatic heterocycles. The third-order valence-electron chi connectivity index (χ3n) is 6.66. The predicted molar refractivity (Wildman–Crippen MR) is 139 cm³/mol. The van der Waals surface area contributed by atoms with Crippen molar-refractivity contribution >= 4 is 34.1 Å². The second-order valence-corrected chi connectivity index (χ2v) is 10.3. The number of carbonyl (C=O) groups is 1. The van der Waals surface area contributed by atoms with Crippen molar-refractivity contribution in [3.05, 3.63) is 76.1 Å². The predicted octanol–water partition coefficient (Wildman–Crippen LogP) is 5.00. The summed E-state index contributed by atoms with van der Waals surface area (Å²) in [4.78, 5) is 20.9. The molecule has 4 aromatic rings. The van der Waals surface area contributed by atoms with Gasteiger partial charge in [0.1, 0.15) is 5.54 Å². The first-order valence-electron chi connectivity index (χ1n) is 11.4. The number of nitrogens with zero attached hydrogens (tertiary/aromatic N) is 5. The number of rotatable bonds is 4. The Labute approximate surface area is 208 Å². The average Bonchev–Trinajstić information content (AvgIpc) is 3.51. The van der Waals surface area contributed by atoms with Crippen LogP contribution in [0.2, 0.25) is 0 Å². The molecule has 0 unspecified atom stereocenters. The molecule has 0 bridgehead atoms. The number of hydrogen-bond acceptors (Lipinski definition) is 6. The van der Waals surface area contributed by atoms with Crippen molar-refractivity contribution in [1.82, 2.24) is 14.7 Å². The normalized spacial score (nSPS) is 20.3. The van der Waals surface area contributed by atoms with E-state index in [2.05, 4.69) is 31.1 Å². The average molecular weight is 483 g/mol. The largest absolute Gasteiger partial charge is 0.369 e. The first-order chi connectivity index (χ1) is 16.7. The van der Waals surface area contributed by atoms with Gasteiger partial charge in [-0.15, -0.1) is 11.3 Å². The summed E-state index contributed by atoms with van der Waals surface area (Å²) in [6.45, 7) is 6.14. The lowest BCUT2D eigenvalue weighted by Crippen LogP contribution is -2.52. The second-order valence-electron chi connectivity index (χ2n) is 9.36. The number of nitriles is 1. The highest BCUT2D eigenvalue weighted by atomic mass is 32.1. The van der Waals surface area contributed by atoms with E-state index in [9.17, 15) is 10.1 Å². The van der Waals surface area contributed by atoms with Gasteiger partial charge in [0.05, 0.1) is 23.1 Å². The minimum atomic E-state index is -0.884. The first-order valence-corrected chi connectivity index (χ1v) is 12.3. The number of fused-ring (bicyclic) bond motifs is 1. The van der Waals surface area contributed by atoms with Crippen molar-refractivity contribution in [3.8, 4) is 17.2 Å². The fraction of sp³-hybridized carbons (Fsp3) is 0.259. The minimum absolute atomic E-state index is 0.1000. The zero-order valence-corrected chi connectivity index (χ0v) is 20.9. The number of aromatic nitrogens is 2. The van der Waals surface area contributed by atoms with Crippen LogP contribution in [0.5, 0.6) is 0 Å². The third kappa shape index (κ3) is 3.78. The van der Waals surface area contributed by atoms with Gasteiger partial charge in [0.25, 0.3) is 0 Å². The van der Waals surface area contributed by atoms with Gasteiger partial charge in [-0.25, -0.2) is 4.99 Å². The van der Waals surface area contributed by atoms with Crippen molar-refractivity contribution in [3.63, 3.8) is 0 Å². The molecule has 1 aliphatic rings. The highest BCUT2D eigenvalue weighted by molar-refractivity contribution is 7.10. The van der Waals surface area contributed by atoms with E-state index in [4.69, 9.17) is 10.7 Å². The maximum Gasteiger partial charge on any atom is 0.239 e. The van der Waals surface area contributed by atoms with Gasteiger partial charge in [0.15, 0.2) is 5.96 Å². The van der Waals surface area contributed by atoms with Crippen molar-refractivity contribution in [1.29, 1.82) is 5.26 Å². The molecule has 176 valence electrons. The van der Waals surface area contributed by atoms with Gasteiger partial charge in [0, 0.05) is 29.5 Å². The topological polar surface area (TPSA) is 100 Å².